The van der Waals surface area contributed by atoms with Crippen molar-refractivity contribution in [1.29, 1.82) is 0 Å². The van der Waals surface area contributed by atoms with Crippen molar-refractivity contribution in [2.24, 2.45) is 0 Å². The normalized spacial score (nSPS) is 14.8. The molecule has 0 aromatic heterocycles. The molecule has 0 saturated carbocycles. The number of benzene rings is 1. The largest absolute Gasteiger partial charge is 0.480 e. The van der Waals surface area contributed by atoms with E-state index >= 15 is 0 Å². The van der Waals surface area contributed by atoms with Gasteiger partial charge in [0.1, 0.15) is 6.54 Å². The number of aliphatic carboxylic acids is 1. The predicted molar refractivity (Wildman–Crippen MR) is 72.0 cm³/mol. The molecule has 0 aliphatic carbocycles. The number of carboxylic acid groups (broad SMARTS) is 1. The first kappa shape index (κ1) is 12.9. The van der Waals surface area contributed by atoms with Gasteiger partial charge in [-0.3, -0.25) is 9.59 Å². The Kier molecular flexibility index (Phi) is 3.56. The first-order valence-corrected chi connectivity index (χ1v) is 6.33. The van der Waals surface area contributed by atoms with Crippen LogP contribution in [0.15, 0.2) is 16.6 Å². The van der Waals surface area contributed by atoms with Crippen LogP contribution in [0.3, 0.4) is 0 Å². The summed E-state index contributed by atoms with van der Waals surface area (Å²) >= 11 is 3.37. The van der Waals surface area contributed by atoms with Gasteiger partial charge in [-0.2, -0.15) is 0 Å². The number of carbonyl (C=O) groups is 2. The summed E-state index contributed by atoms with van der Waals surface area (Å²) in [4.78, 5) is 24.2. The molecule has 6 heteroatoms. The third-order valence-corrected chi connectivity index (χ3v) is 3.25. The van der Waals surface area contributed by atoms with Crippen LogP contribution < -0.4 is 10.2 Å². The monoisotopic (exact) mass is 312 g/mol. The highest BCUT2D eigenvalue weighted by Crippen LogP contribution is 2.35. The average Bonchev–Trinajstić information content (AvgIpc) is 2.37. The van der Waals surface area contributed by atoms with Gasteiger partial charge in [0, 0.05) is 17.4 Å². The van der Waals surface area contributed by atoms with E-state index < -0.39 is 5.97 Å². The second-order valence-electron chi connectivity index (χ2n) is 4.23. The molecular weight excluding hydrogens is 300 g/mol. The average molecular weight is 313 g/mol. The summed E-state index contributed by atoms with van der Waals surface area (Å²) in [7, 11) is 0. The summed E-state index contributed by atoms with van der Waals surface area (Å²) in [5.41, 5.74) is 2.37. The van der Waals surface area contributed by atoms with Gasteiger partial charge in [-0.1, -0.05) is 15.9 Å². The molecule has 0 fully saturated rings. The lowest BCUT2D eigenvalue weighted by Crippen LogP contribution is -2.31. The Balaban J connectivity index is 2.49. The Hall–Kier alpha value is -1.56. The topological polar surface area (TPSA) is 69.6 Å². The van der Waals surface area contributed by atoms with Gasteiger partial charge in [-0.25, -0.2) is 0 Å². The van der Waals surface area contributed by atoms with E-state index in [2.05, 4.69) is 21.2 Å². The number of hydrogen-bond acceptors (Lipinski definition) is 3. The number of aryl methyl sites for hydroxylation is 1. The minimum absolute atomic E-state index is 0.0957. The fourth-order valence-corrected chi connectivity index (χ4v) is 2.71. The predicted octanol–water partition coefficient (Wildman–Crippen LogP) is 1.99. The highest BCUT2D eigenvalue weighted by atomic mass is 79.9. The van der Waals surface area contributed by atoms with Crippen LogP contribution in [0.25, 0.3) is 0 Å². The van der Waals surface area contributed by atoms with Crippen LogP contribution in [-0.4, -0.2) is 30.1 Å². The van der Waals surface area contributed by atoms with Gasteiger partial charge >= 0.3 is 5.97 Å². The number of fused-ring (bicyclic) bond motifs is 1. The van der Waals surface area contributed by atoms with E-state index in [1.54, 1.807) is 11.0 Å². The van der Waals surface area contributed by atoms with E-state index in [9.17, 15) is 9.59 Å². The van der Waals surface area contributed by atoms with Gasteiger partial charge in [-0.05, 0) is 24.6 Å². The molecule has 1 aliphatic heterocycles. The molecule has 18 heavy (non-hydrogen) atoms. The summed E-state index contributed by atoms with van der Waals surface area (Å²) in [6.07, 6.45) is 0.291. The first-order chi connectivity index (χ1) is 8.47. The van der Waals surface area contributed by atoms with Gasteiger partial charge in [0.2, 0.25) is 5.91 Å². The summed E-state index contributed by atoms with van der Waals surface area (Å²) < 4.78 is 0.858. The first-order valence-electron chi connectivity index (χ1n) is 5.54. The lowest BCUT2D eigenvalue weighted by atomic mass is 10.1. The van der Waals surface area contributed by atoms with Crippen molar-refractivity contribution in [3.05, 3.63) is 22.2 Å². The number of carbonyl (C=O) groups excluding carboxylic acids is 1. The minimum Gasteiger partial charge on any atom is -0.480 e. The third kappa shape index (κ3) is 2.64. The number of hydrogen-bond donors (Lipinski definition) is 2. The second kappa shape index (κ2) is 4.97. The van der Waals surface area contributed by atoms with Crippen LogP contribution in [0, 0.1) is 6.92 Å². The fraction of sp³-hybridized carbons (Fsp3) is 0.333. The summed E-state index contributed by atoms with van der Waals surface area (Å²) in [5, 5.41) is 11.7. The second-order valence-corrected chi connectivity index (χ2v) is 5.15. The minimum atomic E-state index is -0.905. The molecule has 5 nitrogen and oxygen atoms in total. The molecule has 0 saturated heterocycles. The molecular formula is C12H13BrN2O3. The Morgan fingerprint density at radius 3 is 2.94 bits per heavy atom. The molecule has 0 spiro atoms. The number of rotatable bonds is 2. The number of halogens is 1. The number of nitrogens with one attached hydrogen (secondary N) is 1. The zero-order valence-corrected chi connectivity index (χ0v) is 11.5. The Bertz CT molecular complexity index is 516. The maximum atomic E-state index is 11.6. The lowest BCUT2D eigenvalue weighted by Gasteiger charge is -2.24. The molecule has 1 aliphatic rings. The quantitative estimate of drug-likeness (QED) is 0.876. The van der Waals surface area contributed by atoms with Crippen LogP contribution in [0.2, 0.25) is 0 Å². The summed E-state index contributed by atoms with van der Waals surface area (Å²) in [6, 6.07) is 3.70. The van der Waals surface area contributed by atoms with Gasteiger partial charge in [-0.15, -0.1) is 0 Å². The smallest absolute Gasteiger partial charge is 0.323 e. The van der Waals surface area contributed by atoms with Crippen molar-refractivity contribution < 1.29 is 14.7 Å². The third-order valence-electron chi connectivity index (χ3n) is 2.79. The number of nitrogens with zero attached hydrogens (tertiary/aromatic N) is 1. The van der Waals surface area contributed by atoms with Crippen molar-refractivity contribution >= 4 is 39.2 Å². The maximum Gasteiger partial charge on any atom is 0.323 e. The summed E-state index contributed by atoms with van der Waals surface area (Å²) in [6.45, 7) is 2.20. The number of anilines is 2. The van der Waals surface area contributed by atoms with Gasteiger partial charge in [0.05, 0.1) is 11.4 Å². The van der Waals surface area contributed by atoms with Gasteiger partial charge in [0.25, 0.3) is 0 Å². The number of carboxylic acids is 1. The molecule has 0 bridgehead atoms. The van der Waals surface area contributed by atoms with E-state index in [1.165, 1.54) is 0 Å². The van der Waals surface area contributed by atoms with Crippen LogP contribution >= 0.6 is 15.9 Å². The molecule has 1 amide bonds. The molecule has 1 aromatic rings. The lowest BCUT2D eigenvalue weighted by molar-refractivity contribution is -0.135. The zero-order valence-electron chi connectivity index (χ0n) is 9.86. The Morgan fingerprint density at radius 1 is 1.56 bits per heavy atom. The molecule has 1 heterocycles. The van der Waals surface area contributed by atoms with Crippen molar-refractivity contribution in [2.75, 3.05) is 23.3 Å². The SMILES string of the molecule is Cc1cc(Br)cc2c1N(CC(=O)O)CCC(=O)N2. The van der Waals surface area contributed by atoms with Gasteiger partial charge in [0.15, 0.2) is 0 Å². The van der Waals surface area contributed by atoms with Gasteiger partial charge < -0.3 is 15.3 Å². The standard InChI is InChI=1S/C12H13BrN2O3/c1-7-4-8(13)5-9-12(7)15(6-11(17)18)3-2-10(16)14-9/h4-5H,2-3,6H2,1H3,(H,14,16)(H,17,18). The molecule has 96 valence electrons. The van der Waals surface area contributed by atoms with Crippen LogP contribution in [0.5, 0.6) is 0 Å². The molecule has 2 rings (SSSR count). The molecule has 0 atom stereocenters. The van der Waals surface area contributed by atoms with Crippen LogP contribution in [-0.2, 0) is 9.59 Å². The van der Waals surface area contributed by atoms with Crippen LogP contribution in [0.1, 0.15) is 12.0 Å². The molecule has 0 radical (unpaired) electrons. The van der Waals surface area contributed by atoms with Crippen LogP contribution in [0.4, 0.5) is 11.4 Å². The van der Waals surface area contributed by atoms with E-state index in [0.29, 0.717) is 18.7 Å². The number of amides is 1. The molecule has 2 N–H and O–H groups in total. The van der Waals surface area contributed by atoms with E-state index in [-0.39, 0.29) is 12.5 Å². The highest BCUT2D eigenvalue weighted by molar-refractivity contribution is 9.10. The summed E-state index contributed by atoms with van der Waals surface area (Å²) in [5.74, 6) is -1.00. The zero-order chi connectivity index (χ0) is 13.3. The fourth-order valence-electron chi connectivity index (χ4n) is 2.13. The van der Waals surface area contributed by atoms with Crippen molar-refractivity contribution in [1.82, 2.24) is 0 Å². The Morgan fingerprint density at radius 2 is 2.28 bits per heavy atom. The van der Waals surface area contributed by atoms with E-state index in [0.717, 1.165) is 15.7 Å². The highest BCUT2D eigenvalue weighted by Gasteiger charge is 2.22. The van der Waals surface area contributed by atoms with Crippen molar-refractivity contribution in [3.8, 4) is 0 Å². The molecule has 1 aromatic carbocycles. The van der Waals surface area contributed by atoms with E-state index in [1.807, 2.05) is 13.0 Å². The maximum absolute atomic E-state index is 11.6. The van der Waals surface area contributed by atoms with E-state index in [4.69, 9.17) is 5.11 Å². The van der Waals surface area contributed by atoms with Crippen molar-refractivity contribution in [3.63, 3.8) is 0 Å². The molecule has 0 unspecified atom stereocenters. The van der Waals surface area contributed by atoms with Crippen molar-refractivity contribution in [2.45, 2.75) is 13.3 Å². The Labute approximate surface area is 113 Å².